The highest BCUT2D eigenvalue weighted by Crippen LogP contribution is 2.24. The maximum Gasteiger partial charge on any atom is 0.340 e. The van der Waals surface area contributed by atoms with Crippen LogP contribution in [0.5, 0.6) is 5.75 Å². The zero-order valence-electron chi connectivity index (χ0n) is 14.3. The van der Waals surface area contributed by atoms with Gasteiger partial charge in [-0.15, -0.1) is 0 Å². The van der Waals surface area contributed by atoms with E-state index in [0.29, 0.717) is 22.3 Å². The molecule has 2 N–H and O–H groups in total. The molecule has 0 unspecified atom stereocenters. The molecule has 8 nitrogen and oxygen atoms in total. The summed E-state index contributed by atoms with van der Waals surface area (Å²) in [6, 6.07) is 4.18. The number of benzene rings is 1. The maximum atomic E-state index is 12.3. The summed E-state index contributed by atoms with van der Waals surface area (Å²) in [6.45, 7) is 1.71. The molecule has 1 fully saturated rings. The molecule has 140 valence electrons. The fourth-order valence-electron chi connectivity index (χ4n) is 3.09. The van der Waals surface area contributed by atoms with E-state index in [-0.39, 0.29) is 23.5 Å². The van der Waals surface area contributed by atoms with Crippen molar-refractivity contribution in [1.29, 1.82) is 0 Å². The number of nitrogens with one attached hydrogen (secondary N) is 1. The molecule has 0 spiro atoms. The summed E-state index contributed by atoms with van der Waals surface area (Å²) in [4.78, 5) is 24.5. The van der Waals surface area contributed by atoms with Gasteiger partial charge in [-0.2, -0.15) is 0 Å². The fraction of sp³-hybridized carbons (Fsp3) is 0.412. The number of aliphatic hydroxyl groups excluding tert-OH is 1. The Bertz CT molecular complexity index is 1030. The average molecular weight is 381 g/mol. The lowest BCUT2D eigenvalue weighted by atomic mass is 10.0. The summed E-state index contributed by atoms with van der Waals surface area (Å²) in [7, 11) is -1.87. The predicted octanol–water partition coefficient (Wildman–Crippen LogP) is -0.0734. The van der Waals surface area contributed by atoms with Crippen molar-refractivity contribution in [2.75, 3.05) is 18.6 Å². The Morgan fingerprint density at radius 2 is 2.12 bits per heavy atom. The SMILES string of the molecule is COc1ccc2c(C)c(CC(=O)N[C@H]3CS(=O)(=O)C[C@@H]3O)c(=O)oc2c1. The van der Waals surface area contributed by atoms with Gasteiger partial charge in [-0.25, -0.2) is 13.2 Å². The molecule has 1 amide bonds. The Balaban J connectivity index is 1.84. The summed E-state index contributed by atoms with van der Waals surface area (Å²) in [5, 5.41) is 12.9. The number of methoxy groups -OCH3 is 1. The minimum absolute atomic E-state index is 0.190. The van der Waals surface area contributed by atoms with Crippen LogP contribution in [0.3, 0.4) is 0 Å². The van der Waals surface area contributed by atoms with Gasteiger partial charge in [0, 0.05) is 11.5 Å². The molecular formula is C17H19NO7S. The van der Waals surface area contributed by atoms with E-state index in [4.69, 9.17) is 9.15 Å². The van der Waals surface area contributed by atoms with E-state index in [1.165, 1.54) is 7.11 Å². The van der Waals surface area contributed by atoms with E-state index in [0.717, 1.165) is 0 Å². The summed E-state index contributed by atoms with van der Waals surface area (Å²) in [5.41, 5.74) is 0.510. The number of hydrogen-bond donors (Lipinski definition) is 2. The molecule has 26 heavy (non-hydrogen) atoms. The van der Waals surface area contributed by atoms with Gasteiger partial charge in [0.05, 0.1) is 42.7 Å². The van der Waals surface area contributed by atoms with Gasteiger partial charge in [-0.1, -0.05) is 0 Å². The zero-order valence-corrected chi connectivity index (χ0v) is 15.1. The van der Waals surface area contributed by atoms with Crippen molar-refractivity contribution >= 4 is 26.7 Å². The standard InChI is InChI=1S/C17H19NO7S/c1-9-11-4-3-10(24-2)5-15(11)25-17(21)12(9)6-16(20)18-13-7-26(22,23)8-14(13)19/h3-5,13-14,19H,6-8H2,1-2H3,(H,18,20)/t13-,14-/m0/s1. The third-order valence-corrected chi connectivity index (χ3v) is 6.22. The van der Waals surface area contributed by atoms with E-state index >= 15 is 0 Å². The first-order valence-electron chi connectivity index (χ1n) is 7.98. The number of aliphatic hydroxyl groups is 1. The molecule has 1 aliphatic heterocycles. The van der Waals surface area contributed by atoms with Crippen LogP contribution in [0.15, 0.2) is 27.4 Å². The highest BCUT2D eigenvalue weighted by molar-refractivity contribution is 7.91. The predicted molar refractivity (Wildman–Crippen MR) is 94.1 cm³/mol. The fourth-order valence-corrected chi connectivity index (χ4v) is 4.83. The lowest BCUT2D eigenvalue weighted by Crippen LogP contribution is -2.43. The van der Waals surface area contributed by atoms with Crippen molar-refractivity contribution < 1.29 is 27.5 Å². The minimum atomic E-state index is -3.37. The van der Waals surface area contributed by atoms with E-state index in [9.17, 15) is 23.1 Å². The van der Waals surface area contributed by atoms with Crippen molar-refractivity contribution in [2.24, 2.45) is 0 Å². The first-order chi connectivity index (χ1) is 12.2. The van der Waals surface area contributed by atoms with Crippen LogP contribution in [0.4, 0.5) is 0 Å². The third-order valence-electron chi connectivity index (χ3n) is 4.50. The van der Waals surface area contributed by atoms with Crippen molar-refractivity contribution in [3.05, 3.63) is 39.7 Å². The van der Waals surface area contributed by atoms with Crippen LogP contribution in [-0.2, 0) is 21.1 Å². The Hall–Kier alpha value is -2.39. The number of carbonyl (C=O) groups excluding carboxylic acids is 1. The van der Waals surface area contributed by atoms with Gasteiger partial charge in [-0.3, -0.25) is 4.79 Å². The molecule has 9 heteroatoms. The largest absolute Gasteiger partial charge is 0.497 e. The minimum Gasteiger partial charge on any atom is -0.497 e. The molecule has 0 saturated carbocycles. The van der Waals surface area contributed by atoms with Crippen LogP contribution < -0.4 is 15.7 Å². The van der Waals surface area contributed by atoms with E-state index < -0.39 is 33.5 Å². The van der Waals surface area contributed by atoms with E-state index in [1.807, 2.05) is 0 Å². The molecule has 0 bridgehead atoms. The first-order valence-corrected chi connectivity index (χ1v) is 9.80. The zero-order chi connectivity index (χ0) is 19.1. The first kappa shape index (κ1) is 18.4. The Morgan fingerprint density at radius 1 is 1.38 bits per heavy atom. The summed E-state index contributed by atoms with van der Waals surface area (Å²) in [5.74, 6) is -0.696. The Labute approximate surface area is 149 Å². The van der Waals surface area contributed by atoms with Gasteiger partial charge >= 0.3 is 5.63 Å². The highest BCUT2D eigenvalue weighted by atomic mass is 32.2. The number of hydrogen-bond acceptors (Lipinski definition) is 7. The number of sulfone groups is 1. The number of carbonyl (C=O) groups is 1. The lowest BCUT2D eigenvalue weighted by Gasteiger charge is -2.15. The second-order valence-electron chi connectivity index (χ2n) is 6.35. The second kappa shape index (κ2) is 6.73. The molecule has 0 radical (unpaired) electrons. The topological polar surface area (TPSA) is 123 Å². The smallest absolute Gasteiger partial charge is 0.340 e. The normalized spacial score (nSPS) is 21.7. The van der Waals surface area contributed by atoms with Gasteiger partial charge in [0.25, 0.3) is 0 Å². The summed E-state index contributed by atoms with van der Waals surface area (Å²) in [6.07, 6.45) is -1.41. The molecule has 2 atom stereocenters. The molecule has 0 aliphatic carbocycles. The molecule has 3 rings (SSSR count). The van der Waals surface area contributed by atoms with Crippen LogP contribution in [-0.4, -0.2) is 50.2 Å². The summed E-state index contributed by atoms with van der Waals surface area (Å²) < 4.78 is 33.4. The van der Waals surface area contributed by atoms with Gasteiger partial charge < -0.3 is 19.6 Å². The number of ether oxygens (including phenoxy) is 1. The van der Waals surface area contributed by atoms with Crippen molar-refractivity contribution in [1.82, 2.24) is 5.32 Å². The number of fused-ring (bicyclic) bond motifs is 1. The van der Waals surface area contributed by atoms with Crippen LogP contribution in [0.1, 0.15) is 11.1 Å². The van der Waals surface area contributed by atoms with Crippen molar-refractivity contribution in [3.8, 4) is 5.75 Å². The van der Waals surface area contributed by atoms with Crippen LogP contribution >= 0.6 is 0 Å². The van der Waals surface area contributed by atoms with Crippen LogP contribution in [0.25, 0.3) is 11.0 Å². The Kier molecular flexibility index (Phi) is 4.76. The summed E-state index contributed by atoms with van der Waals surface area (Å²) >= 11 is 0. The van der Waals surface area contributed by atoms with E-state index in [2.05, 4.69) is 5.32 Å². The van der Waals surface area contributed by atoms with Gasteiger partial charge in [-0.05, 0) is 24.6 Å². The second-order valence-corrected chi connectivity index (χ2v) is 8.50. The molecule has 2 aromatic rings. The van der Waals surface area contributed by atoms with Crippen LogP contribution in [0, 0.1) is 6.92 Å². The lowest BCUT2D eigenvalue weighted by molar-refractivity contribution is -0.121. The van der Waals surface area contributed by atoms with Gasteiger partial charge in [0.1, 0.15) is 11.3 Å². The highest BCUT2D eigenvalue weighted by Gasteiger charge is 2.37. The van der Waals surface area contributed by atoms with Gasteiger partial charge in [0.2, 0.25) is 5.91 Å². The van der Waals surface area contributed by atoms with Crippen LogP contribution in [0.2, 0.25) is 0 Å². The molecule has 1 aliphatic rings. The third kappa shape index (κ3) is 3.58. The number of aryl methyl sites for hydroxylation is 1. The molecular weight excluding hydrogens is 362 g/mol. The molecule has 1 aromatic heterocycles. The van der Waals surface area contributed by atoms with Crippen molar-refractivity contribution in [2.45, 2.75) is 25.5 Å². The maximum absolute atomic E-state index is 12.3. The monoisotopic (exact) mass is 381 g/mol. The number of amides is 1. The quantitative estimate of drug-likeness (QED) is 0.711. The van der Waals surface area contributed by atoms with Crippen molar-refractivity contribution in [3.63, 3.8) is 0 Å². The molecule has 1 saturated heterocycles. The van der Waals surface area contributed by atoms with Gasteiger partial charge in [0.15, 0.2) is 9.84 Å². The molecule has 2 heterocycles. The molecule has 1 aromatic carbocycles. The Morgan fingerprint density at radius 3 is 2.73 bits per heavy atom. The number of rotatable bonds is 4. The average Bonchev–Trinajstić information content (AvgIpc) is 2.82. The van der Waals surface area contributed by atoms with E-state index in [1.54, 1.807) is 25.1 Å².